The molecule has 1 saturated heterocycles. The number of fused-ring (bicyclic) bond motifs is 2. The summed E-state index contributed by atoms with van der Waals surface area (Å²) in [6, 6.07) is -0.0714. The third kappa shape index (κ3) is 9.85. The minimum atomic E-state index is -0.394. The van der Waals surface area contributed by atoms with Crippen molar-refractivity contribution in [3.63, 3.8) is 0 Å². The number of ether oxygens (including phenoxy) is 4. The van der Waals surface area contributed by atoms with E-state index in [1.807, 2.05) is 18.7 Å². The summed E-state index contributed by atoms with van der Waals surface area (Å²) < 4.78 is 22.3. The summed E-state index contributed by atoms with van der Waals surface area (Å²) in [5, 5.41) is 3.10. The third-order valence-electron chi connectivity index (χ3n) is 10.5. The van der Waals surface area contributed by atoms with Crippen LogP contribution in [0.4, 0.5) is 9.59 Å². The van der Waals surface area contributed by atoms with Gasteiger partial charge in [0.2, 0.25) is 0 Å². The van der Waals surface area contributed by atoms with Gasteiger partial charge >= 0.3 is 24.1 Å². The predicted octanol–water partition coefficient (Wildman–Crippen LogP) is 6.41. The first-order chi connectivity index (χ1) is 21.2. The first kappa shape index (κ1) is 35.1. The van der Waals surface area contributed by atoms with E-state index in [2.05, 4.69) is 25.7 Å². The van der Waals surface area contributed by atoms with Gasteiger partial charge in [-0.05, 0) is 114 Å². The molecule has 3 unspecified atom stereocenters. The van der Waals surface area contributed by atoms with Crippen molar-refractivity contribution in [2.24, 2.45) is 35.0 Å². The summed E-state index contributed by atoms with van der Waals surface area (Å²) >= 11 is 0. The Bertz CT molecular complexity index is 1080. The number of likely N-dealkylation sites (tertiary alicyclic amines) is 1. The van der Waals surface area contributed by atoms with Crippen LogP contribution in [0.1, 0.15) is 105 Å². The molecule has 1 heterocycles. The van der Waals surface area contributed by atoms with E-state index >= 15 is 0 Å². The molecule has 0 aromatic rings. The van der Waals surface area contributed by atoms with E-state index in [9.17, 15) is 19.2 Å². The first-order valence-electron chi connectivity index (χ1n) is 17.1. The van der Waals surface area contributed by atoms with Crippen molar-refractivity contribution in [2.45, 2.75) is 117 Å². The van der Waals surface area contributed by atoms with Gasteiger partial charge in [-0.25, -0.2) is 14.4 Å². The second-order valence-corrected chi connectivity index (χ2v) is 15.4. The zero-order valence-corrected chi connectivity index (χ0v) is 28.2. The lowest BCUT2D eigenvalue weighted by molar-refractivity contribution is -0.149. The molecule has 2 amide bonds. The Morgan fingerprint density at radius 1 is 0.778 bits per heavy atom. The maximum Gasteiger partial charge on any atom is 0.410 e. The number of hydrogen-bond donors (Lipinski definition) is 1. The van der Waals surface area contributed by atoms with Gasteiger partial charge in [0, 0.05) is 23.7 Å². The Labute approximate surface area is 269 Å². The average Bonchev–Trinajstić information content (AvgIpc) is 3.20. The normalized spacial score (nSPS) is 32.8. The van der Waals surface area contributed by atoms with Crippen molar-refractivity contribution >= 4 is 24.1 Å². The molecule has 45 heavy (non-hydrogen) atoms. The summed E-state index contributed by atoms with van der Waals surface area (Å²) in [5.74, 6) is 0.772. The summed E-state index contributed by atoms with van der Waals surface area (Å²) in [4.78, 5) is 51.4. The molecule has 0 aromatic heterocycles. The van der Waals surface area contributed by atoms with Gasteiger partial charge in [-0.2, -0.15) is 0 Å². The van der Waals surface area contributed by atoms with Crippen LogP contribution >= 0.6 is 0 Å². The molecule has 3 aliphatic carbocycles. The van der Waals surface area contributed by atoms with E-state index in [1.165, 1.54) is 0 Å². The zero-order valence-electron chi connectivity index (χ0n) is 28.2. The monoisotopic (exact) mass is 632 g/mol. The standard InChI is InChI=1S/C35H56N2O8/c1-23(2)30(38)42-17-25-7-11-27(12-8-25)19-44-32(40)36-29-15-34(5)21-35(6,16-29)37(22-34)33(41)45-20-28-13-9-26(10-14-28)18-43-31(39)24(3)4/h24-29H,1,7-22H2,2-6H3,(H,36,40). The average molecular weight is 633 g/mol. The minimum absolute atomic E-state index is 0.0714. The highest BCUT2D eigenvalue weighted by molar-refractivity contribution is 5.86. The molecule has 4 rings (SSSR count). The quantitative estimate of drug-likeness (QED) is 0.158. The van der Waals surface area contributed by atoms with Crippen LogP contribution in [0.2, 0.25) is 0 Å². The molecule has 3 saturated carbocycles. The van der Waals surface area contributed by atoms with Crippen LogP contribution in [0.15, 0.2) is 12.2 Å². The van der Waals surface area contributed by atoms with Gasteiger partial charge in [0.1, 0.15) is 0 Å². The lowest BCUT2D eigenvalue weighted by atomic mass is 9.70. The fraction of sp³-hybridized carbons (Fsp3) is 0.829. The Hall–Kier alpha value is -2.78. The molecular formula is C35H56N2O8. The summed E-state index contributed by atoms with van der Waals surface area (Å²) in [7, 11) is 0. The number of amides is 2. The number of nitrogens with one attached hydrogen (secondary N) is 1. The van der Waals surface area contributed by atoms with Crippen LogP contribution in [0.5, 0.6) is 0 Å². The molecule has 2 bridgehead atoms. The molecule has 3 atom stereocenters. The maximum absolute atomic E-state index is 13.3. The van der Waals surface area contributed by atoms with Crippen LogP contribution in [0.25, 0.3) is 0 Å². The molecule has 1 N–H and O–H groups in total. The van der Waals surface area contributed by atoms with E-state index in [0.717, 1.165) is 64.2 Å². The molecule has 10 nitrogen and oxygen atoms in total. The number of nitrogens with zero attached hydrogens (tertiary/aromatic N) is 1. The summed E-state index contributed by atoms with van der Waals surface area (Å²) in [5.41, 5.74) is -0.0635. The van der Waals surface area contributed by atoms with Crippen molar-refractivity contribution in [1.29, 1.82) is 0 Å². The fourth-order valence-corrected chi connectivity index (χ4v) is 8.03. The molecule has 0 aromatic carbocycles. The van der Waals surface area contributed by atoms with Crippen LogP contribution in [0, 0.1) is 35.0 Å². The van der Waals surface area contributed by atoms with Gasteiger partial charge in [-0.15, -0.1) is 0 Å². The number of alkyl carbamates (subject to hydrolysis) is 1. The van der Waals surface area contributed by atoms with Gasteiger partial charge in [0.25, 0.3) is 0 Å². The van der Waals surface area contributed by atoms with E-state index in [4.69, 9.17) is 18.9 Å². The fourth-order valence-electron chi connectivity index (χ4n) is 8.03. The third-order valence-corrected chi connectivity index (χ3v) is 10.5. The van der Waals surface area contributed by atoms with Gasteiger partial charge in [-0.1, -0.05) is 27.4 Å². The van der Waals surface area contributed by atoms with Crippen molar-refractivity contribution in [3.05, 3.63) is 12.2 Å². The molecular weight excluding hydrogens is 576 g/mol. The number of rotatable bonds is 11. The van der Waals surface area contributed by atoms with Gasteiger partial charge < -0.3 is 29.2 Å². The Morgan fingerprint density at radius 3 is 1.78 bits per heavy atom. The number of carbonyl (C=O) groups excluding carboxylic acids is 4. The molecule has 4 fully saturated rings. The van der Waals surface area contributed by atoms with Crippen LogP contribution in [-0.4, -0.2) is 73.6 Å². The van der Waals surface area contributed by atoms with E-state index in [1.54, 1.807) is 6.92 Å². The molecule has 1 aliphatic heterocycles. The molecule has 0 radical (unpaired) electrons. The lowest BCUT2D eigenvalue weighted by Crippen LogP contribution is -2.51. The van der Waals surface area contributed by atoms with Gasteiger partial charge in [-0.3, -0.25) is 4.79 Å². The van der Waals surface area contributed by atoms with Crippen molar-refractivity contribution in [2.75, 3.05) is 33.0 Å². The van der Waals surface area contributed by atoms with E-state index in [0.29, 0.717) is 68.6 Å². The predicted molar refractivity (Wildman–Crippen MR) is 169 cm³/mol. The molecule has 254 valence electrons. The SMILES string of the molecule is C=C(C)C(=O)OCC1CCC(COC(=O)NC2CC3(C)CN(C(=O)OCC4CCC(COC(=O)C(C)C)CC4)C(C)(C2)C3)CC1. The molecule has 0 spiro atoms. The van der Waals surface area contributed by atoms with Crippen LogP contribution in [0.3, 0.4) is 0 Å². The van der Waals surface area contributed by atoms with E-state index in [-0.39, 0.29) is 40.9 Å². The highest BCUT2D eigenvalue weighted by atomic mass is 16.6. The zero-order chi connectivity index (χ0) is 32.8. The summed E-state index contributed by atoms with van der Waals surface area (Å²) in [6.07, 6.45) is 9.34. The summed E-state index contributed by atoms with van der Waals surface area (Å²) in [6.45, 7) is 15.6. The van der Waals surface area contributed by atoms with Crippen molar-refractivity contribution in [1.82, 2.24) is 10.2 Å². The largest absolute Gasteiger partial charge is 0.465 e. The highest BCUT2D eigenvalue weighted by Gasteiger charge is 2.56. The lowest BCUT2D eigenvalue weighted by Gasteiger charge is -2.41. The number of carbonyl (C=O) groups is 4. The first-order valence-corrected chi connectivity index (χ1v) is 17.1. The second-order valence-electron chi connectivity index (χ2n) is 15.4. The van der Waals surface area contributed by atoms with Gasteiger partial charge in [0.15, 0.2) is 0 Å². The molecule has 10 heteroatoms. The smallest absolute Gasteiger partial charge is 0.410 e. The number of hydrogen-bond acceptors (Lipinski definition) is 8. The van der Waals surface area contributed by atoms with Crippen LogP contribution < -0.4 is 5.32 Å². The van der Waals surface area contributed by atoms with Crippen molar-refractivity contribution < 1.29 is 38.1 Å². The number of esters is 2. The highest BCUT2D eigenvalue weighted by Crippen LogP contribution is 2.51. The van der Waals surface area contributed by atoms with Gasteiger partial charge in [0.05, 0.1) is 32.3 Å². The topological polar surface area (TPSA) is 120 Å². The minimum Gasteiger partial charge on any atom is -0.465 e. The molecule has 4 aliphatic rings. The van der Waals surface area contributed by atoms with E-state index < -0.39 is 6.09 Å². The maximum atomic E-state index is 13.3. The Morgan fingerprint density at radius 2 is 1.27 bits per heavy atom. The second kappa shape index (κ2) is 15.2. The van der Waals surface area contributed by atoms with Crippen LogP contribution in [-0.2, 0) is 28.5 Å². The van der Waals surface area contributed by atoms with Crippen molar-refractivity contribution in [3.8, 4) is 0 Å². The Kier molecular flexibility index (Phi) is 11.9. The Balaban J connectivity index is 1.15.